The van der Waals surface area contributed by atoms with Crippen molar-refractivity contribution >= 4 is 27.5 Å². The monoisotopic (exact) mass is 413 g/mol. The van der Waals surface area contributed by atoms with Crippen LogP contribution in [0.3, 0.4) is 0 Å². The highest BCUT2D eigenvalue weighted by atomic mass is 79.9. The Hall–Kier alpha value is -2.93. The normalized spacial score (nSPS) is 20.8. The fraction of sp³-hybridized carbons (Fsp3) is 0.105. The number of allylic oxidation sites excluding steroid dienone is 1. The number of primary amides is 1. The van der Waals surface area contributed by atoms with Crippen LogP contribution >= 0.6 is 15.9 Å². The lowest BCUT2D eigenvalue weighted by Crippen LogP contribution is -2.48. The molecule has 2 aliphatic heterocycles. The molecule has 1 unspecified atom stereocenters. The number of hydrogen-bond donors (Lipinski definition) is 3. The molecule has 1 atom stereocenters. The number of rotatable bonds is 2. The molecule has 0 aliphatic carbocycles. The van der Waals surface area contributed by atoms with Crippen LogP contribution in [0.25, 0.3) is 11.1 Å². The number of amides is 1. The van der Waals surface area contributed by atoms with Gasteiger partial charge in [0.05, 0.1) is 10.2 Å². The first-order chi connectivity index (χ1) is 12.4. The van der Waals surface area contributed by atoms with Gasteiger partial charge in [-0.2, -0.15) is 0 Å². The summed E-state index contributed by atoms with van der Waals surface area (Å²) in [6.07, 6.45) is 1.65. The zero-order valence-electron chi connectivity index (χ0n) is 13.9. The van der Waals surface area contributed by atoms with E-state index in [1.165, 1.54) is 0 Å². The SMILES string of the molecule is CC1=CC2(Nc3cc(-c4ccccc4)cc(Br)c3O2)C(C(N)=O)=C(N)O1. The molecule has 0 bridgehead atoms. The predicted molar refractivity (Wildman–Crippen MR) is 102 cm³/mol. The lowest BCUT2D eigenvalue weighted by atomic mass is 9.99. The number of nitrogens with one attached hydrogen (secondary N) is 1. The first-order valence-electron chi connectivity index (χ1n) is 7.93. The van der Waals surface area contributed by atoms with Crippen LogP contribution in [0.2, 0.25) is 0 Å². The molecule has 1 spiro atoms. The highest BCUT2D eigenvalue weighted by Crippen LogP contribution is 2.48. The molecule has 0 saturated heterocycles. The van der Waals surface area contributed by atoms with Crippen molar-refractivity contribution in [1.82, 2.24) is 0 Å². The molecule has 5 N–H and O–H groups in total. The lowest BCUT2D eigenvalue weighted by Gasteiger charge is -2.31. The van der Waals surface area contributed by atoms with Gasteiger partial charge in [-0.25, -0.2) is 0 Å². The Morgan fingerprint density at radius 3 is 2.62 bits per heavy atom. The molecule has 0 aromatic heterocycles. The van der Waals surface area contributed by atoms with Crippen LogP contribution < -0.4 is 21.5 Å². The topological polar surface area (TPSA) is 99.6 Å². The van der Waals surface area contributed by atoms with E-state index in [-0.39, 0.29) is 11.5 Å². The lowest BCUT2D eigenvalue weighted by molar-refractivity contribution is -0.116. The van der Waals surface area contributed by atoms with Crippen LogP contribution in [0.4, 0.5) is 5.69 Å². The molecule has 26 heavy (non-hydrogen) atoms. The number of carbonyl (C=O) groups excluding carboxylic acids is 1. The predicted octanol–water partition coefficient (Wildman–Crippen LogP) is 3.21. The Balaban J connectivity index is 1.83. The molecule has 132 valence electrons. The Labute approximate surface area is 158 Å². The van der Waals surface area contributed by atoms with Crippen molar-refractivity contribution in [2.24, 2.45) is 11.5 Å². The van der Waals surface area contributed by atoms with E-state index in [0.717, 1.165) is 21.3 Å². The van der Waals surface area contributed by atoms with Crippen molar-refractivity contribution in [2.75, 3.05) is 5.32 Å². The van der Waals surface area contributed by atoms with Crippen LogP contribution in [0.5, 0.6) is 5.75 Å². The van der Waals surface area contributed by atoms with E-state index in [9.17, 15) is 4.79 Å². The minimum Gasteiger partial charge on any atom is -0.456 e. The summed E-state index contributed by atoms with van der Waals surface area (Å²) in [6, 6.07) is 13.9. The van der Waals surface area contributed by atoms with Gasteiger partial charge < -0.3 is 26.3 Å². The van der Waals surface area contributed by atoms with Crippen molar-refractivity contribution in [1.29, 1.82) is 0 Å². The number of anilines is 1. The van der Waals surface area contributed by atoms with Crippen molar-refractivity contribution in [3.63, 3.8) is 0 Å². The number of fused-ring (bicyclic) bond motifs is 1. The summed E-state index contributed by atoms with van der Waals surface area (Å²) in [5.74, 6) is 0.289. The fourth-order valence-electron chi connectivity index (χ4n) is 3.25. The quantitative estimate of drug-likeness (QED) is 0.701. The van der Waals surface area contributed by atoms with Gasteiger partial charge in [0.1, 0.15) is 11.3 Å². The summed E-state index contributed by atoms with van der Waals surface area (Å²) in [5, 5.41) is 3.25. The highest BCUT2D eigenvalue weighted by molar-refractivity contribution is 9.10. The second-order valence-electron chi connectivity index (χ2n) is 6.12. The average Bonchev–Trinajstić information content (AvgIpc) is 2.92. The Morgan fingerprint density at radius 2 is 1.92 bits per heavy atom. The molecule has 1 amide bonds. The maximum Gasteiger partial charge on any atom is 0.256 e. The summed E-state index contributed by atoms with van der Waals surface area (Å²) < 4.78 is 12.2. The number of hydrogen-bond acceptors (Lipinski definition) is 5. The van der Waals surface area contributed by atoms with Crippen molar-refractivity contribution in [3.8, 4) is 16.9 Å². The molecule has 0 fully saturated rings. The average molecular weight is 414 g/mol. The molecule has 2 aliphatic rings. The number of ether oxygens (including phenoxy) is 2. The van der Waals surface area contributed by atoms with Gasteiger partial charge in [-0.05, 0) is 46.1 Å². The van der Waals surface area contributed by atoms with E-state index in [0.29, 0.717) is 11.5 Å². The van der Waals surface area contributed by atoms with Gasteiger partial charge in [0.2, 0.25) is 11.6 Å². The largest absolute Gasteiger partial charge is 0.456 e. The second kappa shape index (κ2) is 5.81. The minimum atomic E-state index is -1.29. The third-order valence-corrected chi connectivity index (χ3v) is 4.86. The third-order valence-electron chi connectivity index (χ3n) is 4.28. The van der Waals surface area contributed by atoms with Gasteiger partial charge in [0, 0.05) is 6.08 Å². The second-order valence-corrected chi connectivity index (χ2v) is 6.98. The smallest absolute Gasteiger partial charge is 0.256 e. The molecule has 0 radical (unpaired) electrons. The molecule has 7 heteroatoms. The summed E-state index contributed by atoms with van der Waals surface area (Å²) in [5.41, 5.74) is 12.9. The van der Waals surface area contributed by atoms with E-state index in [2.05, 4.69) is 21.2 Å². The Kier molecular flexibility index (Phi) is 3.69. The first-order valence-corrected chi connectivity index (χ1v) is 8.72. The summed E-state index contributed by atoms with van der Waals surface area (Å²) in [6.45, 7) is 1.73. The van der Waals surface area contributed by atoms with E-state index >= 15 is 0 Å². The molecule has 4 rings (SSSR count). The molecule has 2 heterocycles. The Morgan fingerprint density at radius 1 is 1.19 bits per heavy atom. The van der Waals surface area contributed by atoms with Gasteiger partial charge in [-0.1, -0.05) is 30.3 Å². The van der Waals surface area contributed by atoms with E-state index in [1.807, 2.05) is 42.5 Å². The van der Waals surface area contributed by atoms with E-state index in [4.69, 9.17) is 20.9 Å². The standard InChI is InChI=1S/C19H16BrN3O3/c1-10-9-19(15(17(21)24)18(22)25-10)23-14-8-12(7-13(20)16(14)26-19)11-5-3-2-4-6-11/h2-9,23H,22H2,1H3,(H2,21,24). The molecule has 2 aromatic rings. The van der Waals surface area contributed by atoms with Crippen LogP contribution in [-0.4, -0.2) is 11.6 Å². The number of benzene rings is 2. The zero-order chi connectivity index (χ0) is 18.5. The number of halogens is 1. The Bertz CT molecular complexity index is 985. The summed E-state index contributed by atoms with van der Waals surface area (Å²) in [7, 11) is 0. The molecular weight excluding hydrogens is 398 g/mol. The van der Waals surface area contributed by atoms with Crippen LogP contribution in [0.1, 0.15) is 6.92 Å². The number of nitrogens with two attached hydrogens (primary N) is 2. The van der Waals surface area contributed by atoms with Crippen molar-refractivity contribution in [3.05, 3.63) is 70.2 Å². The molecular formula is C19H16BrN3O3. The molecule has 2 aromatic carbocycles. The molecule has 6 nitrogen and oxygen atoms in total. The third kappa shape index (κ3) is 2.52. The van der Waals surface area contributed by atoms with Crippen molar-refractivity contribution < 1.29 is 14.3 Å². The van der Waals surface area contributed by atoms with Crippen LogP contribution in [0.15, 0.2) is 70.2 Å². The summed E-state index contributed by atoms with van der Waals surface area (Å²) >= 11 is 3.55. The minimum absolute atomic E-state index is 0.0347. The number of carbonyl (C=O) groups is 1. The molecule has 0 saturated carbocycles. The fourth-order valence-corrected chi connectivity index (χ4v) is 3.79. The van der Waals surface area contributed by atoms with Crippen LogP contribution in [-0.2, 0) is 9.53 Å². The van der Waals surface area contributed by atoms with E-state index in [1.54, 1.807) is 13.0 Å². The maximum absolute atomic E-state index is 12.0. The first kappa shape index (κ1) is 16.5. The van der Waals surface area contributed by atoms with Gasteiger partial charge in [-0.15, -0.1) is 0 Å². The van der Waals surface area contributed by atoms with Gasteiger partial charge >= 0.3 is 0 Å². The summed E-state index contributed by atoms with van der Waals surface area (Å²) in [4.78, 5) is 12.0. The van der Waals surface area contributed by atoms with Gasteiger partial charge in [0.25, 0.3) is 5.91 Å². The zero-order valence-corrected chi connectivity index (χ0v) is 15.5. The van der Waals surface area contributed by atoms with E-state index < -0.39 is 11.6 Å². The van der Waals surface area contributed by atoms with Gasteiger partial charge in [-0.3, -0.25) is 4.79 Å². The van der Waals surface area contributed by atoms with Crippen molar-refractivity contribution in [2.45, 2.75) is 12.6 Å². The maximum atomic E-state index is 12.0. The van der Waals surface area contributed by atoms with Gasteiger partial charge in [0.15, 0.2) is 5.75 Å². The van der Waals surface area contributed by atoms with Crippen LogP contribution in [0, 0.1) is 0 Å². The highest BCUT2D eigenvalue weighted by Gasteiger charge is 2.48.